The summed E-state index contributed by atoms with van der Waals surface area (Å²) in [5.41, 5.74) is 9.53. The molecule has 3 aromatic carbocycles. The molecule has 0 unspecified atom stereocenters. The number of anilines is 2. The van der Waals surface area contributed by atoms with E-state index in [2.05, 4.69) is 5.32 Å². The maximum absolute atomic E-state index is 12.3. The minimum absolute atomic E-state index is 0.158. The number of methoxy groups -OCH3 is 3. The first-order valence-corrected chi connectivity index (χ1v) is 9.95. The highest BCUT2D eigenvalue weighted by molar-refractivity contribution is 6.08. The number of rotatable bonds is 9. The molecule has 3 rings (SSSR count). The van der Waals surface area contributed by atoms with Crippen molar-refractivity contribution >= 4 is 29.3 Å². The zero-order valence-electron chi connectivity index (χ0n) is 18.3. The van der Waals surface area contributed by atoms with Gasteiger partial charge in [-0.3, -0.25) is 4.79 Å². The van der Waals surface area contributed by atoms with Crippen LogP contribution in [0.2, 0.25) is 0 Å². The van der Waals surface area contributed by atoms with E-state index in [1.165, 1.54) is 6.08 Å². The topological polar surface area (TPSA) is 82.8 Å². The van der Waals surface area contributed by atoms with Gasteiger partial charge in [0.2, 0.25) is 5.75 Å². The molecule has 0 aliphatic rings. The van der Waals surface area contributed by atoms with E-state index in [0.717, 1.165) is 16.8 Å². The second-order valence-corrected chi connectivity index (χ2v) is 6.85. The number of carbonyl (C=O) groups is 1. The molecule has 0 aliphatic carbocycles. The van der Waals surface area contributed by atoms with E-state index in [4.69, 9.17) is 19.9 Å². The third-order valence-electron chi connectivity index (χ3n) is 4.75. The lowest BCUT2D eigenvalue weighted by Gasteiger charge is -2.12. The summed E-state index contributed by atoms with van der Waals surface area (Å²) >= 11 is 0. The van der Waals surface area contributed by atoms with Gasteiger partial charge in [0.1, 0.15) is 0 Å². The minimum atomic E-state index is -0.158. The molecule has 0 saturated carbocycles. The molecule has 0 saturated heterocycles. The molecular formula is C26H26N2O4. The monoisotopic (exact) mass is 430 g/mol. The average Bonchev–Trinajstić information content (AvgIpc) is 2.82. The molecule has 3 N–H and O–H groups in total. The van der Waals surface area contributed by atoms with Gasteiger partial charge in [-0.15, -0.1) is 0 Å². The van der Waals surface area contributed by atoms with Crippen LogP contribution in [0.4, 0.5) is 11.4 Å². The van der Waals surface area contributed by atoms with E-state index < -0.39 is 0 Å². The number of ketones is 1. The van der Waals surface area contributed by atoms with Gasteiger partial charge in [0.25, 0.3) is 0 Å². The number of ether oxygens (including phenoxy) is 3. The lowest BCUT2D eigenvalue weighted by atomic mass is 10.1. The maximum Gasteiger partial charge on any atom is 0.203 e. The summed E-state index contributed by atoms with van der Waals surface area (Å²) in [6.07, 6.45) is 7.01. The van der Waals surface area contributed by atoms with Crippen molar-refractivity contribution in [2.75, 3.05) is 32.4 Å². The molecule has 0 aliphatic heterocycles. The number of benzene rings is 3. The number of hydrogen-bond donors (Lipinski definition) is 2. The second kappa shape index (κ2) is 10.7. The van der Waals surface area contributed by atoms with Crippen molar-refractivity contribution in [3.8, 4) is 17.2 Å². The van der Waals surface area contributed by atoms with Crippen molar-refractivity contribution < 1.29 is 19.0 Å². The molecule has 0 aromatic heterocycles. The lowest BCUT2D eigenvalue weighted by molar-refractivity contribution is 0.104. The fourth-order valence-corrected chi connectivity index (χ4v) is 3.15. The van der Waals surface area contributed by atoms with Gasteiger partial charge in [0.15, 0.2) is 17.3 Å². The van der Waals surface area contributed by atoms with Gasteiger partial charge in [-0.05, 0) is 47.5 Å². The number of carbonyl (C=O) groups excluding carboxylic acids is 1. The Labute approximate surface area is 187 Å². The molecule has 0 atom stereocenters. The van der Waals surface area contributed by atoms with Crippen LogP contribution in [0.3, 0.4) is 0 Å². The summed E-state index contributed by atoms with van der Waals surface area (Å²) in [5, 5.41) is 3.12. The molecule has 164 valence electrons. The summed E-state index contributed by atoms with van der Waals surface area (Å²) in [4.78, 5) is 12.3. The first-order valence-electron chi connectivity index (χ1n) is 9.95. The molecule has 6 heteroatoms. The van der Waals surface area contributed by atoms with Crippen molar-refractivity contribution in [3.05, 3.63) is 89.6 Å². The van der Waals surface area contributed by atoms with Crippen LogP contribution >= 0.6 is 0 Å². The van der Waals surface area contributed by atoms with E-state index in [0.29, 0.717) is 28.5 Å². The van der Waals surface area contributed by atoms with Gasteiger partial charge in [0.05, 0.1) is 21.3 Å². The van der Waals surface area contributed by atoms with Crippen LogP contribution in [0.5, 0.6) is 17.2 Å². The number of nitrogen functional groups attached to an aromatic ring is 1. The quantitative estimate of drug-likeness (QED) is 0.208. The van der Waals surface area contributed by atoms with Crippen LogP contribution in [0.25, 0.3) is 12.2 Å². The highest BCUT2D eigenvalue weighted by Gasteiger charge is 2.12. The first-order chi connectivity index (χ1) is 15.5. The Kier molecular flexibility index (Phi) is 7.54. The molecular weight excluding hydrogens is 404 g/mol. The van der Waals surface area contributed by atoms with Crippen LogP contribution in [-0.4, -0.2) is 27.1 Å². The van der Waals surface area contributed by atoms with E-state index in [-0.39, 0.29) is 5.78 Å². The first kappa shape index (κ1) is 22.5. The Balaban J connectivity index is 1.72. The molecule has 0 heterocycles. The number of nitrogens with two attached hydrogens (primary N) is 1. The van der Waals surface area contributed by atoms with Crippen LogP contribution in [0, 0.1) is 0 Å². The Morgan fingerprint density at radius 2 is 1.53 bits per heavy atom. The third kappa shape index (κ3) is 5.49. The van der Waals surface area contributed by atoms with Crippen molar-refractivity contribution in [3.63, 3.8) is 0 Å². The minimum Gasteiger partial charge on any atom is -0.493 e. The fraction of sp³-hybridized carbons (Fsp3) is 0.115. The zero-order chi connectivity index (χ0) is 22.9. The molecule has 32 heavy (non-hydrogen) atoms. The molecule has 6 nitrogen and oxygen atoms in total. The Bertz CT molecular complexity index is 1130. The fourth-order valence-electron chi connectivity index (χ4n) is 3.15. The molecule has 0 bridgehead atoms. The van der Waals surface area contributed by atoms with Gasteiger partial charge in [-0.25, -0.2) is 0 Å². The summed E-state index contributed by atoms with van der Waals surface area (Å²) < 4.78 is 16.2. The Morgan fingerprint density at radius 1 is 0.844 bits per heavy atom. The Morgan fingerprint density at radius 3 is 2.19 bits per heavy atom. The molecule has 0 spiro atoms. The number of allylic oxidation sites excluding steroid dienone is 1. The van der Waals surface area contributed by atoms with E-state index >= 15 is 0 Å². The summed E-state index contributed by atoms with van der Waals surface area (Å²) in [7, 11) is 4.75. The number of hydrogen-bond acceptors (Lipinski definition) is 6. The van der Waals surface area contributed by atoms with Gasteiger partial charge < -0.3 is 25.3 Å². The van der Waals surface area contributed by atoms with Crippen LogP contribution in [0.1, 0.15) is 21.5 Å². The van der Waals surface area contributed by atoms with Gasteiger partial charge in [-0.1, -0.05) is 36.4 Å². The average molecular weight is 431 g/mol. The van der Waals surface area contributed by atoms with Crippen LogP contribution in [-0.2, 0) is 0 Å². The number of nitrogens with one attached hydrogen (secondary N) is 1. The SMILES string of the molecule is COc1cc(/C=C/c2cccc(N/C=C\C(=O)c3ccccc3N)c2)cc(OC)c1OC. The predicted octanol–water partition coefficient (Wildman–Crippen LogP) is 5.27. The molecule has 0 amide bonds. The maximum atomic E-state index is 12.3. The summed E-state index contributed by atoms with van der Waals surface area (Å²) in [6.45, 7) is 0. The van der Waals surface area contributed by atoms with Gasteiger partial charge in [-0.2, -0.15) is 0 Å². The zero-order valence-corrected chi connectivity index (χ0v) is 18.3. The van der Waals surface area contributed by atoms with Crippen molar-refractivity contribution in [1.29, 1.82) is 0 Å². The number of para-hydroxylation sites is 1. The molecule has 3 aromatic rings. The highest BCUT2D eigenvalue weighted by atomic mass is 16.5. The van der Waals surface area contributed by atoms with Crippen molar-refractivity contribution in [2.45, 2.75) is 0 Å². The van der Waals surface area contributed by atoms with Gasteiger partial charge >= 0.3 is 0 Å². The second-order valence-electron chi connectivity index (χ2n) is 6.85. The van der Waals surface area contributed by atoms with Crippen molar-refractivity contribution in [2.24, 2.45) is 0 Å². The normalized spacial score (nSPS) is 11.0. The summed E-state index contributed by atoms with van der Waals surface area (Å²) in [5.74, 6) is 1.58. The third-order valence-corrected chi connectivity index (χ3v) is 4.75. The highest BCUT2D eigenvalue weighted by Crippen LogP contribution is 2.38. The smallest absolute Gasteiger partial charge is 0.203 e. The van der Waals surface area contributed by atoms with E-state index in [1.54, 1.807) is 51.8 Å². The predicted molar refractivity (Wildman–Crippen MR) is 129 cm³/mol. The standard InChI is InChI=1S/C26H26N2O4/c1-30-24-16-19(17-25(31-2)26(24)32-3)12-11-18-7-6-8-20(15-18)28-14-13-23(29)21-9-4-5-10-22(21)27/h4-17,28H,27H2,1-3H3/b12-11+,14-13-. The van der Waals surface area contributed by atoms with Crippen LogP contribution < -0.4 is 25.3 Å². The van der Waals surface area contributed by atoms with E-state index in [9.17, 15) is 4.79 Å². The molecule has 0 radical (unpaired) electrons. The lowest BCUT2D eigenvalue weighted by Crippen LogP contribution is -2.01. The van der Waals surface area contributed by atoms with Crippen molar-refractivity contribution in [1.82, 2.24) is 0 Å². The van der Waals surface area contributed by atoms with Gasteiger partial charge in [0, 0.05) is 29.2 Å². The van der Waals surface area contributed by atoms with Crippen LogP contribution in [0.15, 0.2) is 72.9 Å². The van der Waals surface area contributed by atoms with E-state index in [1.807, 2.05) is 48.6 Å². The molecule has 0 fully saturated rings. The Hall–Kier alpha value is -4.19. The summed E-state index contributed by atoms with van der Waals surface area (Å²) in [6, 6.07) is 18.6. The largest absolute Gasteiger partial charge is 0.493 e.